The second-order valence-corrected chi connectivity index (χ2v) is 9.13. The summed E-state index contributed by atoms with van der Waals surface area (Å²) in [5.41, 5.74) is 2.34. The molecule has 0 spiro atoms. The predicted molar refractivity (Wildman–Crippen MR) is 144 cm³/mol. The van der Waals surface area contributed by atoms with Crippen LogP contribution in [-0.2, 0) is 22.7 Å². The van der Waals surface area contributed by atoms with Gasteiger partial charge in [-0.1, -0.05) is 29.4 Å². The molecule has 9 nitrogen and oxygen atoms in total. The van der Waals surface area contributed by atoms with E-state index in [1.54, 1.807) is 42.5 Å². The zero-order valence-electron chi connectivity index (χ0n) is 21.0. The Labute approximate surface area is 228 Å². The van der Waals surface area contributed by atoms with Crippen molar-refractivity contribution in [3.8, 4) is 17.2 Å². The molecule has 2 amide bonds. The Balaban J connectivity index is 1.27. The third-order valence-electron chi connectivity index (χ3n) is 6.50. The van der Waals surface area contributed by atoms with Gasteiger partial charge in [-0.25, -0.2) is 4.39 Å². The van der Waals surface area contributed by atoms with E-state index < -0.39 is 17.6 Å². The lowest BCUT2D eigenvalue weighted by Gasteiger charge is -2.24. The lowest BCUT2D eigenvalue weighted by atomic mass is 10.1. The second-order valence-electron chi connectivity index (χ2n) is 9.13. The smallest absolute Gasteiger partial charge is 0.281 e. The van der Waals surface area contributed by atoms with Crippen molar-refractivity contribution >= 4 is 28.9 Å². The minimum atomic E-state index is -0.572. The summed E-state index contributed by atoms with van der Waals surface area (Å²) in [6, 6.07) is 23.4. The summed E-state index contributed by atoms with van der Waals surface area (Å²) in [5, 5.41) is 15.6. The SMILES string of the molecule is O=C(Nc1ccc2c(c1)N(Cc1cc(F)cc3c1OCOC3)C(=O)/C2=N/O)c1cccc(Oc2ccccc2)c1. The van der Waals surface area contributed by atoms with E-state index >= 15 is 0 Å². The quantitative estimate of drug-likeness (QED) is 0.249. The fourth-order valence-corrected chi connectivity index (χ4v) is 4.71. The Morgan fingerprint density at radius 3 is 2.67 bits per heavy atom. The van der Waals surface area contributed by atoms with Crippen molar-refractivity contribution in [3.05, 3.63) is 113 Å². The summed E-state index contributed by atoms with van der Waals surface area (Å²) in [6.45, 7) is 0.135. The van der Waals surface area contributed by atoms with Gasteiger partial charge in [0, 0.05) is 27.9 Å². The molecule has 0 radical (unpaired) electrons. The first-order chi connectivity index (χ1) is 19.5. The molecule has 0 atom stereocenters. The van der Waals surface area contributed by atoms with Crippen LogP contribution in [0, 0.1) is 5.82 Å². The molecule has 0 unspecified atom stereocenters. The topological polar surface area (TPSA) is 110 Å². The summed E-state index contributed by atoms with van der Waals surface area (Å²) in [6.07, 6.45) is 0. The van der Waals surface area contributed by atoms with Crippen molar-refractivity contribution in [1.82, 2.24) is 0 Å². The van der Waals surface area contributed by atoms with E-state index in [-0.39, 0.29) is 25.7 Å². The number of oxime groups is 1. The Morgan fingerprint density at radius 1 is 1.02 bits per heavy atom. The highest BCUT2D eigenvalue weighted by Crippen LogP contribution is 2.37. The summed E-state index contributed by atoms with van der Waals surface area (Å²) in [7, 11) is 0. The molecule has 200 valence electrons. The van der Waals surface area contributed by atoms with Crippen LogP contribution in [0.2, 0.25) is 0 Å². The van der Waals surface area contributed by atoms with Crippen molar-refractivity contribution in [1.29, 1.82) is 0 Å². The van der Waals surface area contributed by atoms with Crippen LogP contribution in [0.15, 0.2) is 90.1 Å². The van der Waals surface area contributed by atoms with Gasteiger partial charge in [0.05, 0.1) is 18.8 Å². The van der Waals surface area contributed by atoms with Crippen molar-refractivity contribution in [3.63, 3.8) is 0 Å². The Morgan fingerprint density at radius 2 is 1.85 bits per heavy atom. The van der Waals surface area contributed by atoms with Crippen LogP contribution in [0.3, 0.4) is 0 Å². The molecule has 4 aromatic carbocycles. The number of rotatable bonds is 6. The highest BCUT2D eigenvalue weighted by Gasteiger charge is 2.36. The van der Waals surface area contributed by atoms with Crippen LogP contribution in [0.25, 0.3) is 0 Å². The van der Waals surface area contributed by atoms with E-state index in [0.29, 0.717) is 50.9 Å². The normalized spacial score (nSPS) is 14.9. The highest BCUT2D eigenvalue weighted by molar-refractivity contribution is 6.54. The maximum absolute atomic E-state index is 14.3. The average Bonchev–Trinajstić information content (AvgIpc) is 3.23. The van der Waals surface area contributed by atoms with Crippen LogP contribution in [0.4, 0.5) is 15.8 Å². The number of para-hydroxylation sites is 1. The van der Waals surface area contributed by atoms with E-state index in [1.165, 1.54) is 17.0 Å². The Hall–Kier alpha value is -5.22. The van der Waals surface area contributed by atoms with Gasteiger partial charge < -0.3 is 29.6 Å². The molecule has 6 rings (SSSR count). The van der Waals surface area contributed by atoms with Gasteiger partial charge in [0.25, 0.3) is 11.8 Å². The van der Waals surface area contributed by atoms with Crippen molar-refractivity contribution in [2.24, 2.45) is 5.16 Å². The zero-order chi connectivity index (χ0) is 27.6. The molecule has 2 heterocycles. The van der Waals surface area contributed by atoms with Gasteiger partial charge in [0.15, 0.2) is 12.5 Å². The molecule has 10 heteroatoms. The summed E-state index contributed by atoms with van der Waals surface area (Å²) >= 11 is 0. The van der Waals surface area contributed by atoms with Crippen molar-refractivity contribution < 1.29 is 33.4 Å². The first-order valence-corrected chi connectivity index (χ1v) is 12.3. The molecule has 0 aromatic heterocycles. The van der Waals surface area contributed by atoms with Crippen molar-refractivity contribution in [2.75, 3.05) is 17.0 Å². The number of ether oxygens (including phenoxy) is 3. The fraction of sp³-hybridized carbons (Fsp3) is 0.100. The van der Waals surface area contributed by atoms with Gasteiger partial charge in [0.1, 0.15) is 23.1 Å². The second kappa shape index (κ2) is 10.5. The third-order valence-corrected chi connectivity index (χ3v) is 6.50. The summed E-state index contributed by atoms with van der Waals surface area (Å²) in [4.78, 5) is 27.6. The van der Waals surface area contributed by atoms with Crippen LogP contribution < -0.4 is 19.7 Å². The molecule has 0 saturated carbocycles. The molecule has 2 N–H and O–H groups in total. The van der Waals surface area contributed by atoms with E-state index in [9.17, 15) is 19.2 Å². The van der Waals surface area contributed by atoms with Gasteiger partial charge in [-0.15, -0.1) is 0 Å². The lowest BCUT2D eigenvalue weighted by Crippen LogP contribution is -2.30. The minimum Gasteiger partial charge on any atom is -0.467 e. The molecular weight excluding hydrogens is 517 g/mol. The number of carbonyl (C=O) groups is 2. The number of benzene rings is 4. The van der Waals surface area contributed by atoms with Crippen LogP contribution in [0.5, 0.6) is 17.2 Å². The summed E-state index contributed by atoms with van der Waals surface area (Å²) < 4.78 is 31.0. The Kier molecular flexibility index (Phi) is 6.59. The lowest BCUT2D eigenvalue weighted by molar-refractivity contribution is -0.112. The van der Waals surface area contributed by atoms with E-state index in [2.05, 4.69) is 10.5 Å². The molecule has 0 fully saturated rings. The molecule has 4 aromatic rings. The van der Waals surface area contributed by atoms with E-state index in [1.807, 2.05) is 30.3 Å². The van der Waals surface area contributed by atoms with Gasteiger partial charge >= 0.3 is 0 Å². The first-order valence-electron chi connectivity index (χ1n) is 12.3. The fourth-order valence-electron chi connectivity index (χ4n) is 4.71. The van der Waals surface area contributed by atoms with Gasteiger partial charge in [0.2, 0.25) is 0 Å². The molecule has 2 aliphatic rings. The van der Waals surface area contributed by atoms with E-state index in [4.69, 9.17) is 14.2 Å². The number of nitrogens with one attached hydrogen (secondary N) is 1. The molecule has 2 aliphatic heterocycles. The van der Waals surface area contributed by atoms with Gasteiger partial charge in [-0.2, -0.15) is 0 Å². The molecule has 0 saturated heterocycles. The number of carbonyl (C=O) groups excluding carboxylic acids is 2. The number of nitrogens with zero attached hydrogens (tertiary/aromatic N) is 2. The molecule has 0 aliphatic carbocycles. The number of amides is 2. The monoisotopic (exact) mass is 539 g/mol. The summed E-state index contributed by atoms with van der Waals surface area (Å²) in [5.74, 6) is 0.125. The maximum atomic E-state index is 14.3. The van der Waals surface area contributed by atoms with Crippen LogP contribution >= 0.6 is 0 Å². The number of halogens is 1. The standard InChI is InChI=1S/C30H22FN3O6/c31-21-11-19(28-20(12-21)16-38-17-39-28)15-34-26-14-22(9-10-25(26)27(33-37)30(34)36)32-29(35)18-5-4-8-24(13-18)40-23-6-2-1-3-7-23/h1-14,37H,15-17H2,(H,32,35)/b33-27+. The van der Waals surface area contributed by atoms with Crippen LogP contribution in [-0.4, -0.2) is 29.5 Å². The molecule has 40 heavy (non-hydrogen) atoms. The van der Waals surface area contributed by atoms with Crippen molar-refractivity contribution in [2.45, 2.75) is 13.2 Å². The largest absolute Gasteiger partial charge is 0.467 e. The number of fused-ring (bicyclic) bond motifs is 2. The van der Waals surface area contributed by atoms with Gasteiger partial charge in [-0.3, -0.25) is 9.59 Å². The van der Waals surface area contributed by atoms with E-state index in [0.717, 1.165) is 0 Å². The molecular formula is C30H22FN3O6. The van der Waals surface area contributed by atoms with Crippen LogP contribution in [0.1, 0.15) is 27.0 Å². The number of anilines is 2. The minimum absolute atomic E-state index is 0.00722. The first kappa shape index (κ1) is 25.1. The molecule has 0 bridgehead atoms. The Bertz CT molecular complexity index is 1660. The average molecular weight is 540 g/mol. The van der Waals surface area contributed by atoms with Gasteiger partial charge in [-0.05, 0) is 60.7 Å². The highest BCUT2D eigenvalue weighted by atomic mass is 19.1. The number of hydrogen-bond acceptors (Lipinski definition) is 7. The number of hydrogen-bond donors (Lipinski definition) is 2. The maximum Gasteiger partial charge on any atom is 0.281 e. The third kappa shape index (κ3) is 4.83. The zero-order valence-corrected chi connectivity index (χ0v) is 21.0. The predicted octanol–water partition coefficient (Wildman–Crippen LogP) is 5.46.